The van der Waals surface area contributed by atoms with Gasteiger partial charge in [0.2, 0.25) is 5.91 Å². The van der Waals surface area contributed by atoms with Crippen LogP contribution in [0.1, 0.15) is 54.4 Å². The van der Waals surface area contributed by atoms with E-state index in [1.807, 2.05) is 35.2 Å². The molecule has 2 aliphatic heterocycles. The number of likely N-dealkylation sites (N-methyl/N-ethyl adjacent to an activating group) is 1. The number of carbonyl (C=O) groups excluding carboxylic acids is 2. The van der Waals surface area contributed by atoms with Gasteiger partial charge in [-0.05, 0) is 80.0 Å². The number of halogens is 1. The fraction of sp³-hybridized carbons (Fsp3) is 0.517. The summed E-state index contributed by atoms with van der Waals surface area (Å²) in [6.45, 7) is 4.31. The van der Waals surface area contributed by atoms with Crippen molar-refractivity contribution in [3.63, 3.8) is 0 Å². The zero-order chi connectivity index (χ0) is 24.4. The van der Waals surface area contributed by atoms with Gasteiger partial charge in [0.25, 0.3) is 5.91 Å². The molecule has 5 nitrogen and oxygen atoms in total. The third kappa shape index (κ3) is 5.57. The first kappa shape index (κ1) is 24.3. The normalized spacial score (nSPS) is 23.7. The van der Waals surface area contributed by atoms with Crippen LogP contribution in [0.4, 0.5) is 0 Å². The first-order valence-corrected chi connectivity index (χ1v) is 13.5. The molecule has 0 N–H and O–H groups in total. The van der Waals surface area contributed by atoms with Crippen LogP contribution in [0.2, 0.25) is 5.02 Å². The summed E-state index contributed by atoms with van der Waals surface area (Å²) >= 11 is 6.78. The fourth-order valence-corrected chi connectivity index (χ4v) is 6.27. The second kappa shape index (κ2) is 10.7. The van der Waals surface area contributed by atoms with Crippen LogP contribution < -0.4 is 0 Å². The van der Waals surface area contributed by atoms with Gasteiger partial charge in [-0.25, -0.2) is 0 Å². The first-order valence-electron chi connectivity index (χ1n) is 13.1. The zero-order valence-electron chi connectivity index (χ0n) is 20.7. The Kier molecular flexibility index (Phi) is 7.45. The Balaban J connectivity index is 1.26. The molecule has 3 aliphatic rings. The average molecular weight is 494 g/mol. The lowest BCUT2D eigenvalue weighted by atomic mass is 9.81. The second-order valence-electron chi connectivity index (χ2n) is 10.6. The van der Waals surface area contributed by atoms with Crippen LogP contribution in [0.5, 0.6) is 0 Å². The molecular weight excluding hydrogens is 458 g/mol. The number of amides is 2. The Morgan fingerprint density at radius 3 is 2.51 bits per heavy atom. The monoisotopic (exact) mass is 493 g/mol. The molecule has 2 aromatic rings. The third-order valence-corrected chi connectivity index (χ3v) is 8.45. The summed E-state index contributed by atoms with van der Waals surface area (Å²) in [5, 5.41) is 0.790. The molecular formula is C29H36ClN3O2. The lowest BCUT2D eigenvalue weighted by Gasteiger charge is -2.35. The summed E-state index contributed by atoms with van der Waals surface area (Å²) < 4.78 is 0. The van der Waals surface area contributed by atoms with Gasteiger partial charge in [-0.2, -0.15) is 0 Å². The number of benzene rings is 2. The lowest BCUT2D eigenvalue weighted by molar-refractivity contribution is -0.130. The quantitative estimate of drug-likeness (QED) is 0.580. The number of nitrogens with zero attached hydrogens (tertiary/aromatic N) is 3. The summed E-state index contributed by atoms with van der Waals surface area (Å²) in [4.78, 5) is 31.6. The maximum absolute atomic E-state index is 13.0. The molecule has 6 heteroatoms. The topological polar surface area (TPSA) is 43.9 Å². The standard InChI is InChI=1S/C29H36ClN3O2/c1-31-13-15-32(16-14-31)29(35)25-7-3-6-22(19-25)23-10-11-24(27(30)20-23)17-21-5-2-8-26(18-21)33-12-4-9-28(33)34/h3,6-7,10-11,19-21,26H,2,4-5,8-9,12-18H2,1H3. The van der Waals surface area contributed by atoms with Crippen molar-refractivity contribution in [3.05, 3.63) is 58.6 Å². The lowest BCUT2D eigenvalue weighted by Crippen LogP contribution is -2.47. The summed E-state index contributed by atoms with van der Waals surface area (Å²) in [7, 11) is 2.09. The van der Waals surface area contributed by atoms with E-state index >= 15 is 0 Å². The molecule has 0 bridgehead atoms. The Bertz CT molecular complexity index is 1080. The molecule has 2 heterocycles. The minimum atomic E-state index is 0.103. The molecule has 35 heavy (non-hydrogen) atoms. The highest BCUT2D eigenvalue weighted by atomic mass is 35.5. The average Bonchev–Trinajstić information content (AvgIpc) is 3.31. The van der Waals surface area contributed by atoms with Gasteiger partial charge in [-0.1, -0.05) is 42.3 Å². The van der Waals surface area contributed by atoms with E-state index in [0.717, 1.165) is 86.5 Å². The fourth-order valence-electron chi connectivity index (χ4n) is 6.01. The molecule has 0 radical (unpaired) electrons. The molecule has 2 saturated heterocycles. The van der Waals surface area contributed by atoms with Crippen molar-refractivity contribution in [2.45, 2.75) is 51.0 Å². The van der Waals surface area contributed by atoms with E-state index in [1.54, 1.807) is 0 Å². The summed E-state index contributed by atoms with van der Waals surface area (Å²) in [6.07, 6.45) is 7.29. The minimum Gasteiger partial charge on any atom is -0.340 e. The number of piperazine rings is 1. The Hall–Kier alpha value is -2.37. The van der Waals surface area contributed by atoms with Crippen LogP contribution in [0.15, 0.2) is 42.5 Å². The highest BCUT2D eigenvalue weighted by Gasteiger charge is 2.32. The number of hydrogen-bond donors (Lipinski definition) is 0. The van der Waals surface area contributed by atoms with Gasteiger partial charge >= 0.3 is 0 Å². The number of rotatable bonds is 5. The van der Waals surface area contributed by atoms with Crippen molar-refractivity contribution in [1.29, 1.82) is 0 Å². The predicted molar refractivity (Wildman–Crippen MR) is 141 cm³/mol. The molecule has 2 amide bonds. The van der Waals surface area contributed by atoms with Gasteiger partial charge in [0.05, 0.1) is 0 Å². The smallest absolute Gasteiger partial charge is 0.253 e. The molecule has 0 aromatic heterocycles. The van der Waals surface area contributed by atoms with Gasteiger partial charge in [0, 0.05) is 55.8 Å². The van der Waals surface area contributed by atoms with Crippen molar-refractivity contribution in [2.24, 2.45) is 5.92 Å². The highest BCUT2D eigenvalue weighted by molar-refractivity contribution is 6.31. The Morgan fingerprint density at radius 2 is 1.77 bits per heavy atom. The van der Waals surface area contributed by atoms with E-state index in [9.17, 15) is 9.59 Å². The van der Waals surface area contributed by atoms with Crippen LogP contribution in [-0.2, 0) is 11.2 Å². The molecule has 5 rings (SSSR count). The maximum atomic E-state index is 13.0. The van der Waals surface area contributed by atoms with Crippen LogP contribution in [0.25, 0.3) is 11.1 Å². The van der Waals surface area contributed by atoms with Crippen LogP contribution in [-0.4, -0.2) is 72.3 Å². The second-order valence-corrected chi connectivity index (χ2v) is 11.0. The maximum Gasteiger partial charge on any atom is 0.253 e. The minimum absolute atomic E-state index is 0.103. The first-order chi connectivity index (χ1) is 17.0. The summed E-state index contributed by atoms with van der Waals surface area (Å²) in [5.74, 6) is 1.01. The molecule has 3 fully saturated rings. The summed E-state index contributed by atoms with van der Waals surface area (Å²) in [6, 6.07) is 14.6. The van der Waals surface area contributed by atoms with Gasteiger partial charge in [-0.15, -0.1) is 0 Å². The van der Waals surface area contributed by atoms with Crippen molar-refractivity contribution in [2.75, 3.05) is 39.8 Å². The van der Waals surface area contributed by atoms with Gasteiger partial charge < -0.3 is 14.7 Å². The largest absolute Gasteiger partial charge is 0.340 e. The molecule has 2 aromatic carbocycles. The van der Waals surface area contributed by atoms with Gasteiger partial charge in [0.15, 0.2) is 0 Å². The van der Waals surface area contributed by atoms with E-state index in [-0.39, 0.29) is 5.91 Å². The van der Waals surface area contributed by atoms with E-state index in [4.69, 9.17) is 11.6 Å². The van der Waals surface area contributed by atoms with E-state index in [0.29, 0.717) is 17.9 Å². The van der Waals surface area contributed by atoms with Crippen molar-refractivity contribution in [1.82, 2.24) is 14.7 Å². The molecule has 2 unspecified atom stereocenters. The Morgan fingerprint density at radius 1 is 0.971 bits per heavy atom. The van der Waals surface area contributed by atoms with Gasteiger partial charge in [0.1, 0.15) is 0 Å². The number of likely N-dealkylation sites (tertiary alicyclic amines) is 1. The van der Waals surface area contributed by atoms with Gasteiger partial charge in [-0.3, -0.25) is 9.59 Å². The van der Waals surface area contributed by atoms with Crippen LogP contribution in [0.3, 0.4) is 0 Å². The number of hydrogen-bond acceptors (Lipinski definition) is 3. The molecule has 1 saturated carbocycles. The third-order valence-electron chi connectivity index (χ3n) is 8.10. The summed E-state index contributed by atoms with van der Waals surface area (Å²) in [5.41, 5.74) is 3.97. The Labute approximate surface area is 214 Å². The van der Waals surface area contributed by atoms with E-state index < -0.39 is 0 Å². The predicted octanol–water partition coefficient (Wildman–Crippen LogP) is 5.12. The van der Waals surface area contributed by atoms with Crippen molar-refractivity contribution < 1.29 is 9.59 Å². The molecule has 186 valence electrons. The molecule has 0 spiro atoms. The van der Waals surface area contributed by atoms with E-state index in [2.05, 4.69) is 29.0 Å². The highest BCUT2D eigenvalue weighted by Crippen LogP contribution is 2.35. The van der Waals surface area contributed by atoms with Crippen LogP contribution >= 0.6 is 11.6 Å². The van der Waals surface area contributed by atoms with Crippen LogP contribution in [0, 0.1) is 5.92 Å². The van der Waals surface area contributed by atoms with Crippen molar-refractivity contribution >= 4 is 23.4 Å². The SMILES string of the molecule is CN1CCN(C(=O)c2cccc(-c3ccc(CC4CCCC(N5CCCC5=O)C4)c(Cl)c3)c2)CC1. The van der Waals surface area contributed by atoms with E-state index in [1.165, 1.54) is 18.4 Å². The number of carbonyl (C=O) groups is 2. The molecule has 1 aliphatic carbocycles. The zero-order valence-corrected chi connectivity index (χ0v) is 21.5. The van der Waals surface area contributed by atoms with Crippen molar-refractivity contribution in [3.8, 4) is 11.1 Å². The molecule has 2 atom stereocenters.